The molecular formula is C31H31F3N4O3S. The van der Waals surface area contributed by atoms with E-state index in [0.29, 0.717) is 37.4 Å². The van der Waals surface area contributed by atoms with E-state index in [0.717, 1.165) is 28.7 Å². The molecule has 2 aromatic carbocycles. The summed E-state index contributed by atoms with van der Waals surface area (Å²) in [6, 6.07) is 14.9. The van der Waals surface area contributed by atoms with Gasteiger partial charge in [-0.25, -0.2) is 4.98 Å². The molecule has 0 bridgehead atoms. The van der Waals surface area contributed by atoms with Gasteiger partial charge in [0, 0.05) is 43.0 Å². The van der Waals surface area contributed by atoms with Gasteiger partial charge in [-0.3, -0.25) is 14.6 Å². The molecule has 1 fully saturated rings. The first kappa shape index (κ1) is 30.7. The van der Waals surface area contributed by atoms with Gasteiger partial charge in [0.05, 0.1) is 17.3 Å². The highest BCUT2D eigenvalue weighted by atomic mass is 32.1. The van der Waals surface area contributed by atoms with Crippen LogP contribution in [0.15, 0.2) is 78.4 Å². The van der Waals surface area contributed by atoms with Crippen molar-refractivity contribution in [2.45, 2.75) is 32.5 Å². The smallest absolute Gasteiger partial charge is 0.417 e. The molecule has 0 spiro atoms. The standard InChI is InChI=1S/C29H25F3N4O3S.C2H6/c30-29(31,32)24-4-2-1-3-23(24)20-5-7-22(8-6-20)39-17-27(38)36-16-15-35(19-37)14-11-26(36)28-34-25(18-40-28)21-9-12-33-13-10-21;1-2/h1-10,12-13,18-19,26H,11,14-17H2;1-2H3. The van der Waals surface area contributed by atoms with E-state index in [1.807, 2.05) is 31.4 Å². The van der Waals surface area contributed by atoms with Gasteiger partial charge < -0.3 is 14.5 Å². The summed E-state index contributed by atoms with van der Waals surface area (Å²) in [5, 5.41) is 2.70. The molecule has 7 nitrogen and oxygen atoms in total. The average Bonchev–Trinajstić information content (AvgIpc) is 3.41. The van der Waals surface area contributed by atoms with E-state index in [2.05, 4.69) is 4.98 Å². The van der Waals surface area contributed by atoms with E-state index >= 15 is 0 Å². The Balaban J connectivity index is 0.00000198. The lowest BCUT2D eigenvalue weighted by Crippen LogP contribution is -2.39. The van der Waals surface area contributed by atoms with Crippen molar-refractivity contribution >= 4 is 23.7 Å². The maximum atomic E-state index is 13.4. The Morgan fingerprint density at radius 1 is 1.00 bits per heavy atom. The molecule has 4 aromatic rings. The molecule has 1 atom stereocenters. The number of carbonyl (C=O) groups excluding carboxylic acids is 2. The first-order chi connectivity index (χ1) is 20.3. The first-order valence-corrected chi connectivity index (χ1v) is 14.5. The number of amides is 2. The highest BCUT2D eigenvalue weighted by Crippen LogP contribution is 2.37. The molecule has 2 amide bonds. The van der Waals surface area contributed by atoms with Crippen LogP contribution in [0.5, 0.6) is 5.75 Å². The molecule has 0 saturated carbocycles. The molecule has 5 rings (SSSR count). The van der Waals surface area contributed by atoms with Gasteiger partial charge in [0.2, 0.25) is 6.41 Å². The summed E-state index contributed by atoms with van der Waals surface area (Å²) in [6.07, 6.45) is 0.219. The Kier molecular flexibility index (Phi) is 10.3. The number of pyridine rings is 1. The number of benzene rings is 2. The van der Waals surface area contributed by atoms with Gasteiger partial charge in [0.1, 0.15) is 10.8 Å². The molecule has 220 valence electrons. The van der Waals surface area contributed by atoms with Crippen molar-refractivity contribution in [1.29, 1.82) is 0 Å². The van der Waals surface area contributed by atoms with Crippen LogP contribution in [0.4, 0.5) is 13.2 Å². The van der Waals surface area contributed by atoms with Gasteiger partial charge in [0.15, 0.2) is 6.61 Å². The fourth-order valence-electron chi connectivity index (χ4n) is 4.65. The van der Waals surface area contributed by atoms with E-state index in [4.69, 9.17) is 9.72 Å². The molecule has 1 saturated heterocycles. The number of alkyl halides is 3. The van der Waals surface area contributed by atoms with E-state index < -0.39 is 11.7 Å². The second kappa shape index (κ2) is 14.1. The lowest BCUT2D eigenvalue weighted by Gasteiger charge is -2.28. The molecule has 42 heavy (non-hydrogen) atoms. The molecule has 3 heterocycles. The van der Waals surface area contributed by atoms with Crippen LogP contribution in [0.1, 0.15) is 36.9 Å². The van der Waals surface area contributed by atoms with Crippen LogP contribution in [0.2, 0.25) is 0 Å². The van der Waals surface area contributed by atoms with Crippen LogP contribution < -0.4 is 4.74 Å². The third kappa shape index (κ3) is 7.33. The van der Waals surface area contributed by atoms with Crippen molar-refractivity contribution in [1.82, 2.24) is 19.8 Å². The molecule has 1 unspecified atom stereocenters. The highest BCUT2D eigenvalue weighted by Gasteiger charge is 2.33. The molecule has 0 radical (unpaired) electrons. The Morgan fingerprint density at radius 3 is 2.40 bits per heavy atom. The monoisotopic (exact) mass is 596 g/mol. The van der Waals surface area contributed by atoms with Crippen molar-refractivity contribution in [2.24, 2.45) is 0 Å². The fraction of sp³-hybridized carbons (Fsp3) is 0.290. The SMILES string of the molecule is CC.O=CN1CCC(c2nc(-c3ccncc3)cs2)N(C(=O)COc2ccc(-c3ccccc3C(F)(F)F)cc2)CC1. The molecule has 0 N–H and O–H groups in total. The molecular weight excluding hydrogens is 565 g/mol. The number of thiazole rings is 1. The number of carbonyl (C=O) groups is 2. The number of aromatic nitrogens is 2. The molecule has 1 aliphatic heterocycles. The van der Waals surface area contributed by atoms with Gasteiger partial charge >= 0.3 is 6.18 Å². The van der Waals surface area contributed by atoms with Crippen molar-refractivity contribution in [3.05, 3.63) is 89.0 Å². The molecule has 2 aromatic heterocycles. The lowest BCUT2D eigenvalue weighted by atomic mass is 9.99. The summed E-state index contributed by atoms with van der Waals surface area (Å²) in [5.74, 6) is 0.0848. The van der Waals surface area contributed by atoms with E-state index in [-0.39, 0.29) is 24.1 Å². The minimum atomic E-state index is -4.47. The average molecular weight is 597 g/mol. The second-order valence-corrected chi connectivity index (χ2v) is 10.1. The second-order valence-electron chi connectivity index (χ2n) is 9.20. The van der Waals surface area contributed by atoms with Crippen LogP contribution >= 0.6 is 11.3 Å². The van der Waals surface area contributed by atoms with Crippen LogP contribution in [0.25, 0.3) is 22.4 Å². The third-order valence-electron chi connectivity index (χ3n) is 6.71. The van der Waals surface area contributed by atoms with Crippen molar-refractivity contribution in [3.8, 4) is 28.1 Å². The van der Waals surface area contributed by atoms with E-state index in [1.165, 1.54) is 35.6 Å². The van der Waals surface area contributed by atoms with Gasteiger partial charge in [-0.2, -0.15) is 13.2 Å². The Hall–Kier alpha value is -4.25. The van der Waals surface area contributed by atoms with Crippen LogP contribution in [-0.4, -0.2) is 58.3 Å². The Morgan fingerprint density at radius 2 is 1.71 bits per heavy atom. The predicted octanol–water partition coefficient (Wildman–Crippen LogP) is 6.73. The zero-order valence-corrected chi connectivity index (χ0v) is 24.1. The fourth-order valence-corrected chi connectivity index (χ4v) is 5.62. The van der Waals surface area contributed by atoms with Crippen LogP contribution in [-0.2, 0) is 15.8 Å². The number of hydrogen-bond donors (Lipinski definition) is 0. The maximum Gasteiger partial charge on any atom is 0.417 e. The summed E-state index contributed by atoms with van der Waals surface area (Å²) in [6.45, 7) is 4.94. The number of halogens is 3. The van der Waals surface area contributed by atoms with Gasteiger partial charge in [0.25, 0.3) is 5.91 Å². The third-order valence-corrected chi connectivity index (χ3v) is 7.65. The summed E-state index contributed by atoms with van der Waals surface area (Å²) >= 11 is 1.45. The van der Waals surface area contributed by atoms with Gasteiger partial charge in [-0.15, -0.1) is 11.3 Å². The molecule has 11 heteroatoms. The number of rotatable bonds is 7. The number of ether oxygens (including phenoxy) is 1. The highest BCUT2D eigenvalue weighted by molar-refractivity contribution is 7.10. The summed E-state index contributed by atoms with van der Waals surface area (Å²) in [7, 11) is 0. The summed E-state index contributed by atoms with van der Waals surface area (Å²) in [5.41, 5.74) is 1.45. The molecule has 0 aliphatic carbocycles. The van der Waals surface area contributed by atoms with Gasteiger partial charge in [-0.05, 0) is 47.9 Å². The predicted molar refractivity (Wildman–Crippen MR) is 156 cm³/mol. The van der Waals surface area contributed by atoms with Crippen LogP contribution in [0.3, 0.4) is 0 Å². The summed E-state index contributed by atoms with van der Waals surface area (Å²) < 4.78 is 46.0. The lowest BCUT2D eigenvalue weighted by molar-refractivity contribution is -0.137. The van der Waals surface area contributed by atoms with Crippen molar-refractivity contribution in [3.63, 3.8) is 0 Å². The zero-order valence-electron chi connectivity index (χ0n) is 23.3. The largest absolute Gasteiger partial charge is 0.484 e. The quantitative estimate of drug-likeness (QED) is 0.221. The van der Waals surface area contributed by atoms with E-state index in [9.17, 15) is 22.8 Å². The minimum absolute atomic E-state index is 0.0688. The number of nitrogens with zero attached hydrogens (tertiary/aromatic N) is 4. The van der Waals surface area contributed by atoms with E-state index in [1.54, 1.807) is 40.4 Å². The normalized spacial score (nSPS) is 15.3. The first-order valence-electron chi connectivity index (χ1n) is 13.6. The van der Waals surface area contributed by atoms with Crippen molar-refractivity contribution in [2.75, 3.05) is 26.2 Å². The topological polar surface area (TPSA) is 75.6 Å². The van der Waals surface area contributed by atoms with Crippen LogP contribution in [0, 0.1) is 0 Å². The Labute approximate surface area is 246 Å². The zero-order chi connectivity index (χ0) is 30.1. The maximum absolute atomic E-state index is 13.4. The number of hydrogen-bond acceptors (Lipinski definition) is 6. The van der Waals surface area contributed by atoms with Gasteiger partial charge in [-0.1, -0.05) is 44.2 Å². The molecule has 1 aliphatic rings. The Bertz CT molecular complexity index is 1460. The van der Waals surface area contributed by atoms with Crippen molar-refractivity contribution < 1.29 is 27.5 Å². The minimum Gasteiger partial charge on any atom is -0.484 e. The summed E-state index contributed by atoms with van der Waals surface area (Å²) in [4.78, 5) is 37.0.